The van der Waals surface area contributed by atoms with Crippen LogP contribution in [0.2, 0.25) is 5.02 Å². The fourth-order valence-electron chi connectivity index (χ4n) is 1.44. The Bertz CT molecular complexity index is 506. The van der Waals surface area contributed by atoms with Crippen molar-refractivity contribution in [2.75, 3.05) is 6.54 Å². The highest BCUT2D eigenvalue weighted by Crippen LogP contribution is 2.23. The third kappa shape index (κ3) is 5.13. The van der Waals surface area contributed by atoms with E-state index in [1.165, 1.54) is 0 Å². The normalized spacial score (nSPS) is 12.1. The van der Waals surface area contributed by atoms with Crippen LogP contribution in [-0.4, -0.2) is 24.4 Å². The van der Waals surface area contributed by atoms with Crippen LogP contribution in [0.1, 0.15) is 31.1 Å². The van der Waals surface area contributed by atoms with Crippen molar-refractivity contribution in [2.45, 2.75) is 26.8 Å². The second-order valence-electron chi connectivity index (χ2n) is 4.96. The largest absolute Gasteiger partial charge is 0.354 e. The first-order valence-electron chi connectivity index (χ1n) is 6.35. The van der Waals surface area contributed by atoms with Crippen molar-refractivity contribution in [1.82, 2.24) is 10.6 Å². The molecule has 20 heavy (non-hydrogen) atoms. The van der Waals surface area contributed by atoms with E-state index in [0.717, 1.165) is 4.47 Å². The van der Waals surface area contributed by atoms with E-state index in [2.05, 4.69) is 26.6 Å². The zero-order chi connectivity index (χ0) is 15.3. The molecule has 0 saturated carbocycles. The number of amides is 2. The maximum atomic E-state index is 12.0. The molecule has 0 fully saturated rings. The van der Waals surface area contributed by atoms with Gasteiger partial charge in [-0.2, -0.15) is 0 Å². The van der Waals surface area contributed by atoms with Gasteiger partial charge in [-0.05, 0) is 47.0 Å². The molecule has 0 aliphatic heterocycles. The molecule has 0 bridgehead atoms. The van der Waals surface area contributed by atoms with Crippen molar-refractivity contribution in [3.8, 4) is 0 Å². The molecule has 2 N–H and O–H groups in total. The molecule has 0 saturated heterocycles. The molecule has 1 aromatic rings. The third-order valence-electron chi connectivity index (χ3n) is 2.61. The molecule has 0 heterocycles. The van der Waals surface area contributed by atoms with Crippen molar-refractivity contribution >= 4 is 39.3 Å². The summed E-state index contributed by atoms with van der Waals surface area (Å²) < 4.78 is 0.721. The van der Waals surface area contributed by atoms with Gasteiger partial charge in [-0.1, -0.05) is 25.4 Å². The average molecular weight is 362 g/mol. The second kappa shape index (κ2) is 7.64. The molecular weight excluding hydrogens is 344 g/mol. The molecule has 0 aliphatic carbocycles. The Balaban J connectivity index is 2.60. The highest BCUT2D eigenvalue weighted by atomic mass is 79.9. The van der Waals surface area contributed by atoms with E-state index in [9.17, 15) is 9.59 Å². The summed E-state index contributed by atoms with van der Waals surface area (Å²) in [6.45, 7) is 6.25. The number of hydrogen-bond donors (Lipinski definition) is 2. The Labute approximate surface area is 132 Å². The van der Waals surface area contributed by atoms with E-state index in [1.54, 1.807) is 25.1 Å². The number of rotatable bonds is 5. The molecule has 1 atom stereocenters. The van der Waals surface area contributed by atoms with Gasteiger partial charge < -0.3 is 10.6 Å². The van der Waals surface area contributed by atoms with Gasteiger partial charge in [-0.25, -0.2) is 0 Å². The smallest absolute Gasteiger partial charge is 0.251 e. The van der Waals surface area contributed by atoms with Gasteiger partial charge in [-0.15, -0.1) is 0 Å². The van der Waals surface area contributed by atoms with Gasteiger partial charge in [0.15, 0.2) is 0 Å². The van der Waals surface area contributed by atoms with Crippen LogP contribution in [0.5, 0.6) is 0 Å². The maximum Gasteiger partial charge on any atom is 0.251 e. The highest BCUT2D eigenvalue weighted by molar-refractivity contribution is 9.10. The molecule has 1 aromatic carbocycles. The fraction of sp³-hybridized carbons (Fsp3) is 0.429. The molecule has 1 rings (SSSR count). The molecule has 0 aliphatic rings. The Morgan fingerprint density at radius 1 is 1.30 bits per heavy atom. The molecule has 1 unspecified atom stereocenters. The third-order valence-corrected chi connectivity index (χ3v) is 3.84. The lowest BCUT2D eigenvalue weighted by Crippen LogP contribution is -2.45. The first kappa shape index (κ1) is 17.0. The van der Waals surface area contributed by atoms with Gasteiger partial charge in [0.1, 0.15) is 6.04 Å². The van der Waals surface area contributed by atoms with E-state index in [0.29, 0.717) is 23.0 Å². The summed E-state index contributed by atoms with van der Waals surface area (Å²) in [6, 6.07) is 4.30. The monoisotopic (exact) mass is 360 g/mol. The zero-order valence-electron chi connectivity index (χ0n) is 11.7. The molecule has 4 nitrogen and oxygen atoms in total. The van der Waals surface area contributed by atoms with Gasteiger partial charge in [0.25, 0.3) is 5.91 Å². The first-order chi connectivity index (χ1) is 9.31. The molecule has 6 heteroatoms. The first-order valence-corrected chi connectivity index (χ1v) is 7.52. The summed E-state index contributed by atoms with van der Waals surface area (Å²) in [7, 11) is 0. The summed E-state index contributed by atoms with van der Waals surface area (Å²) in [5.74, 6) is -0.158. The molecule has 110 valence electrons. The van der Waals surface area contributed by atoms with Gasteiger partial charge >= 0.3 is 0 Å². The van der Waals surface area contributed by atoms with E-state index in [-0.39, 0.29) is 11.8 Å². The molecule has 0 aromatic heterocycles. The lowest BCUT2D eigenvalue weighted by molar-refractivity contribution is -0.122. The Hall–Kier alpha value is -1.07. The topological polar surface area (TPSA) is 58.2 Å². The standard InChI is InChI=1S/C14H18BrClN2O2/c1-8(2)7-17-13(19)9(3)18-14(20)10-4-5-11(15)12(16)6-10/h4-6,8-9H,7H2,1-3H3,(H,17,19)(H,18,20). The summed E-state index contributed by atoms with van der Waals surface area (Å²) in [5.41, 5.74) is 0.418. The zero-order valence-corrected chi connectivity index (χ0v) is 14.0. The predicted molar refractivity (Wildman–Crippen MR) is 83.9 cm³/mol. The lowest BCUT2D eigenvalue weighted by Gasteiger charge is -2.15. The van der Waals surface area contributed by atoms with Crippen molar-refractivity contribution in [3.63, 3.8) is 0 Å². The SMILES string of the molecule is CC(C)CNC(=O)C(C)NC(=O)c1ccc(Br)c(Cl)c1. The van der Waals surface area contributed by atoms with Crippen molar-refractivity contribution in [2.24, 2.45) is 5.92 Å². The summed E-state index contributed by atoms with van der Waals surface area (Å²) in [6.07, 6.45) is 0. The van der Waals surface area contributed by atoms with Crippen LogP contribution >= 0.6 is 27.5 Å². The van der Waals surface area contributed by atoms with Gasteiger partial charge in [-0.3, -0.25) is 9.59 Å². The molecule has 2 amide bonds. The lowest BCUT2D eigenvalue weighted by atomic mass is 10.2. The number of nitrogens with one attached hydrogen (secondary N) is 2. The van der Waals surface area contributed by atoms with Crippen molar-refractivity contribution < 1.29 is 9.59 Å². The molecular formula is C14H18BrClN2O2. The highest BCUT2D eigenvalue weighted by Gasteiger charge is 2.17. The van der Waals surface area contributed by atoms with Crippen LogP contribution in [0.15, 0.2) is 22.7 Å². The molecule has 0 spiro atoms. The fourth-order valence-corrected chi connectivity index (χ4v) is 1.87. The summed E-state index contributed by atoms with van der Waals surface area (Å²) >= 11 is 9.19. The minimum atomic E-state index is -0.594. The van der Waals surface area contributed by atoms with Crippen LogP contribution in [0, 0.1) is 5.92 Å². The van der Waals surface area contributed by atoms with Crippen LogP contribution in [0.3, 0.4) is 0 Å². The number of benzene rings is 1. The predicted octanol–water partition coefficient (Wildman–Crippen LogP) is 2.99. The molecule has 0 radical (unpaired) electrons. The number of carbonyl (C=O) groups is 2. The summed E-state index contributed by atoms with van der Waals surface area (Å²) in [5, 5.41) is 5.87. The minimum Gasteiger partial charge on any atom is -0.354 e. The van der Waals surface area contributed by atoms with Gasteiger partial charge in [0.05, 0.1) is 5.02 Å². The number of hydrogen-bond acceptors (Lipinski definition) is 2. The van der Waals surface area contributed by atoms with Crippen LogP contribution < -0.4 is 10.6 Å². The van der Waals surface area contributed by atoms with Crippen LogP contribution in [-0.2, 0) is 4.79 Å². The maximum absolute atomic E-state index is 12.0. The average Bonchev–Trinajstić information content (AvgIpc) is 2.38. The van der Waals surface area contributed by atoms with Crippen LogP contribution in [0.4, 0.5) is 0 Å². The second-order valence-corrected chi connectivity index (χ2v) is 6.22. The minimum absolute atomic E-state index is 0.199. The van der Waals surface area contributed by atoms with Gasteiger partial charge in [0.2, 0.25) is 5.91 Å². The van der Waals surface area contributed by atoms with E-state index in [1.807, 2.05) is 13.8 Å². The Kier molecular flexibility index (Phi) is 6.49. The van der Waals surface area contributed by atoms with E-state index in [4.69, 9.17) is 11.6 Å². The quantitative estimate of drug-likeness (QED) is 0.847. The van der Waals surface area contributed by atoms with Crippen LogP contribution in [0.25, 0.3) is 0 Å². The summed E-state index contributed by atoms with van der Waals surface area (Å²) in [4.78, 5) is 23.8. The number of halogens is 2. The Morgan fingerprint density at radius 2 is 1.95 bits per heavy atom. The van der Waals surface area contributed by atoms with E-state index >= 15 is 0 Å². The number of carbonyl (C=O) groups excluding carboxylic acids is 2. The van der Waals surface area contributed by atoms with Crippen molar-refractivity contribution in [1.29, 1.82) is 0 Å². The van der Waals surface area contributed by atoms with Gasteiger partial charge in [0, 0.05) is 16.6 Å². The van der Waals surface area contributed by atoms with Crippen molar-refractivity contribution in [3.05, 3.63) is 33.3 Å². The Morgan fingerprint density at radius 3 is 2.50 bits per heavy atom. The van der Waals surface area contributed by atoms with E-state index < -0.39 is 6.04 Å².